The molecule has 0 radical (unpaired) electrons. The Balaban J connectivity index is 1.15. The fourth-order valence-electron chi connectivity index (χ4n) is 9.80. The van der Waals surface area contributed by atoms with Gasteiger partial charge < -0.3 is 13.9 Å². The van der Waals surface area contributed by atoms with Crippen molar-refractivity contribution < 1.29 is 4.74 Å². The van der Waals surface area contributed by atoms with Crippen LogP contribution in [-0.2, 0) is 5.60 Å². The van der Waals surface area contributed by atoms with Gasteiger partial charge in [-0.3, -0.25) is 4.57 Å². The van der Waals surface area contributed by atoms with E-state index in [9.17, 15) is 0 Å². The number of ether oxygens (including phenoxy) is 1. The first-order valence-electron chi connectivity index (χ1n) is 18.8. The molecule has 256 valence electrons. The van der Waals surface area contributed by atoms with Crippen LogP contribution in [0.25, 0.3) is 82.8 Å². The average Bonchev–Trinajstić information content (AvgIpc) is 3.96. The van der Waals surface area contributed by atoms with Crippen LogP contribution in [0.1, 0.15) is 16.7 Å². The molecule has 11 aromatic rings. The summed E-state index contributed by atoms with van der Waals surface area (Å²) in [6.45, 7) is 0. The summed E-state index contributed by atoms with van der Waals surface area (Å²) in [7, 11) is 0. The summed E-state index contributed by atoms with van der Waals surface area (Å²) in [6, 6.07) is 66.3. The summed E-state index contributed by atoms with van der Waals surface area (Å²) in [5, 5.41) is 4.89. The number of imidazole rings is 1. The molecule has 4 heterocycles. The normalized spacial score (nSPS) is 13.7. The van der Waals surface area contributed by atoms with Crippen molar-refractivity contribution in [1.82, 2.24) is 18.7 Å². The smallest absolute Gasteiger partial charge is 0.303 e. The van der Waals surface area contributed by atoms with Gasteiger partial charge >= 0.3 is 6.01 Å². The van der Waals surface area contributed by atoms with E-state index < -0.39 is 5.60 Å². The van der Waals surface area contributed by atoms with E-state index in [1.165, 1.54) is 43.7 Å². The van der Waals surface area contributed by atoms with Crippen LogP contribution in [-0.4, -0.2) is 18.7 Å². The zero-order chi connectivity index (χ0) is 35.8. The highest BCUT2D eigenvalue weighted by Gasteiger charge is 2.51. The second kappa shape index (κ2) is 10.4. The van der Waals surface area contributed by atoms with Gasteiger partial charge in [-0.05, 0) is 77.9 Å². The molecule has 5 nitrogen and oxygen atoms in total. The molecule has 0 saturated heterocycles. The Kier molecular flexibility index (Phi) is 5.51. The maximum absolute atomic E-state index is 7.38. The molecule has 0 N–H and O–H groups in total. The van der Waals surface area contributed by atoms with Gasteiger partial charge in [0.05, 0.1) is 38.8 Å². The molecule has 3 aromatic heterocycles. The van der Waals surface area contributed by atoms with Gasteiger partial charge in [-0.25, -0.2) is 0 Å². The molecule has 5 heteroatoms. The number of aromatic nitrogens is 4. The van der Waals surface area contributed by atoms with Crippen LogP contribution < -0.4 is 4.74 Å². The second-order valence-electron chi connectivity index (χ2n) is 14.7. The van der Waals surface area contributed by atoms with Crippen molar-refractivity contribution in [3.63, 3.8) is 0 Å². The first-order chi connectivity index (χ1) is 27.3. The number of fused-ring (bicyclic) bond motifs is 17. The lowest BCUT2D eigenvalue weighted by Crippen LogP contribution is -2.39. The number of hydrogen-bond acceptors (Lipinski definition) is 2. The Morgan fingerprint density at radius 3 is 1.60 bits per heavy atom. The van der Waals surface area contributed by atoms with Crippen LogP contribution in [0.3, 0.4) is 0 Å². The zero-order valence-electron chi connectivity index (χ0n) is 29.5. The van der Waals surface area contributed by atoms with Gasteiger partial charge in [0.25, 0.3) is 0 Å². The minimum Gasteiger partial charge on any atom is -0.443 e. The molecule has 2 aliphatic rings. The third-order valence-electron chi connectivity index (χ3n) is 12.0. The van der Waals surface area contributed by atoms with Crippen molar-refractivity contribution in [2.75, 3.05) is 0 Å². The molecule has 0 unspecified atom stereocenters. The summed E-state index contributed by atoms with van der Waals surface area (Å²) in [5.41, 5.74) is 14.8. The molecule has 0 saturated carbocycles. The maximum atomic E-state index is 7.38. The molecule has 1 aliphatic heterocycles. The molecule has 1 aliphatic carbocycles. The van der Waals surface area contributed by atoms with Gasteiger partial charge in [-0.2, -0.15) is 4.98 Å². The number of benzene rings is 8. The van der Waals surface area contributed by atoms with Gasteiger partial charge in [0.2, 0.25) is 0 Å². The van der Waals surface area contributed by atoms with Crippen LogP contribution in [0.4, 0.5) is 0 Å². The molecule has 55 heavy (non-hydrogen) atoms. The Hall–Kier alpha value is -7.37. The van der Waals surface area contributed by atoms with Gasteiger partial charge in [-0.15, -0.1) is 0 Å². The van der Waals surface area contributed by atoms with Gasteiger partial charge in [0, 0.05) is 49.6 Å². The van der Waals surface area contributed by atoms with E-state index in [2.05, 4.69) is 190 Å². The number of rotatable bonds is 2. The zero-order valence-corrected chi connectivity index (χ0v) is 29.5. The highest BCUT2D eigenvalue weighted by atomic mass is 16.5. The van der Waals surface area contributed by atoms with E-state index in [0.29, 0.717) is 6.01 Å². The number of hydrogen-bond donors (Lipinski definition) is 0. The van der Waals surface area contributed by atoms with Crippen LogP contribution in [0.5, 0.6) is 6.01 Å². The summed E-state index contributed by atoms with van der Waals surface area (Å²) < 4.78 is 14.4. The second-order valence-corrected chi connectivity index (χ2v) is 14.7. The minimum atomic E-state index is -0.898. The lowest BCUT2D eigenvalue weighted by atomic mass is 9.82. The molecule has 0 bridgehead atoms. The SMILES string of the molecule is c1ccc(-n2c3ccccc3c3cc4c(cc32)c2ccccc2n4-c2ccc3c(c2)C2(Oc4nc5ccccc5n4-3)c3ccccc3-c3ccccc32)cc1. The van der Waals surface area contributed by atoms with Gasteiger partial charge in [0.1, 0.15) is 0 Å². The van der Waals surface area contributed by atoms with Gasteiger partial charge in [0.15, 0.2) is 5.60 Å². The van der Waals surface area contributed by atoms with Crippen LogP contribution >= 0.6 is 0 Å². The third kappa shape index (κ3) is 3.64. The van der Waals surface area contributed by atoms with E-state index in [1.54, 1.807) is 0 Å². The molecule has 0 fully saturated rings. The van der Waals surface area contributed by atoms with E-state index in [0.717, 1.165) is 55.8 Å². The highest BCUT2D eigenvalue weighted by Crippen LogP contribution is 2.57. The van der Waals surface area contributed by atoms with E-state index >= 15 is 0 Å². The fraction of sp³-hybridized carbons (Fsp3) is 0.0200. The largest absolute Gasteiger partial charge is 0.443 e. The standard InChI is InChI=1S/C50H30N4O/c1-2-14-31(15-3-1)52-43-23-11-6-18-35(43)37-30-48-38(29-47(37)52)36-19-7-12-24-44(36)53(48)32-26-27-45-41(28-32)50(55-49-51-42-22-10-13-25-46(42)54(45)49)39-20-8-4-16-33(39)34-17-5-9-21-40(34)50/h1-30H. The predicted molar refractivity (Wildman–Crippen MR) is 222 cm³/mol. The minimum absolute atomic E-state index is 0.599. The summed E-state index contributed by atoms with van der Waals surface area (Å²) in [5.74, 6) is 0. The van der Waals surface area contributed by atoms with E-state index in [-0.39, 0.29) is 0 Å². The van der Waals surface area contributed by atoms with Crippen molar-refractivity contribution in [2.24, 2.45) is 0 Å². The average molecular weight is 703 g/mol. The Bertz CT molecular complexity index is 3370. The summed E-state index contributed by atoms with van der Waals surface area (Å²) in [4.78, 5) is 5.08. The Morgan fingerprint density at radius 2 is 0.927 bits per heavy atom. The van der Waals surface area contributed by atoms with Crippen molar-refractivity contribution >= 4 is 54.6 Å². The maximum Gasteiger partial charge on any atom is 0.303 e. The molecule has 0 atom stereocenters. The van der Waals surface area contributed by atoms with E-state index in [4.69, 9.17) is 9.72 Å². The predicted octanol–water partition coefficient (Wildman–Crippen LogP) is 11.9. The molecule has 1 spiro atoms. The van der Waals surface area contributed by atoms with Crippen LogP contribution in [0.15, 0.2) is 182 Å². The third-order valence-corrected chi connectivity index (χ3v) is 12.0. The quantitative estimate of drug-likeness (QED) is 0.180. The molecule has 8 aromatic carbocycles. The molecular weight excluding hydrogens is 673 g/mol. The van der Waals surface area contributed by atoms with Gasteiger partial charge in [-0.1, -0.05) is 115 Å². The summed E-state index contributed by atoms with van der Waals surface area (Å²) >= 11 is 0. The lowest BCUT2D eigenvalue weighted by molar-refractivity contribution is 0.132. The van der Waals surface area contributed by atoms with Crippen molar-refractivity contribution in [2.45, 2.75) is 5.60 Å². The molecular formula is C50H30N4O. The van der Waals surface area contributed by atoms with Crippen LogP contribution in [0.2, 0.25) is 0 Å². The Labute approximate surface area is 315 Å². The number of para-hydroxylation sites is 5. The van der Waals surface area contributed by atoms with Crippen molar-refractivity contribution in [3.8, 4) is 34.2 Å². The summed E-state index contributed by atoms with van der Waals surface area (Å²) in [6.07, 6.45) is 0. The monoisotopic (exact) mass is 702 g/mol. The van der Waals surface area contributed by atoms with E-state index in [1.807, 2.05) is 6.07 Å². The highest BCUT2D eigenvalue weighted by molar-refractivity contribution is 6.19. The van der Waals surface area contributed by atoms with Crippen molar-refractivity contribution in [1.29, 1.82) is 0 Å². The lowest BCUT2D eigenvalue weighted by Gasteiger charge is -2.38. The Morgan fingerprint density at radius 1 is 0.382 bits per heavy atom. The first-order valence-corrected chi connectivity index (χ1v) is 18.8. The van der Waals surface area contributed by atoms with Crippen LogP contribution in [0, 0.1) is 0 Å². The molecule has 13 rings (SSSR count). The first kappa shape index (κ1) is 29.1. The van der Waals surface area contributed by atoms with Crippen molar-refractivity contribution in [3.05, 3.63) is 199 Å². The fourth-order valence-corrected chi connectivity index (χ4v) is 9.80. The topological polar surface area (TPSA) is 36.9 Å². The molecule has 0 amide bonds. The number of nitrogens with zero attached hydrogens (tertiary/aromatic N) is 4.